The minimum Gasteiger partial charge on any atom is -0.444 e. The van der Waals surface area contributed by atoms with Gasteiger partial charge in [-0.3, -0.25) is 5.10 Å². The zero-order valence-electron chi connectivity index (χ0n) is 23.2. The topological polar surface area (TPSA) is 121 Å². The molecule has 5 heterocycles. The van der Waals surface area contributed by atoms with E-state index in [4.69, 9.17) is 19.4 Å². The van der Waals surface area contributed by atoms with Crippen LogP contribution in [0.1, 0.15) is 52.1 Å². The number of hydrogen-bond donors (Lipinski definition) is 3. The molecule has 3 saturated heterocycles. The maximum atomic E-state index is 12.9. The third-order valence-electron chi connectivity index (χ3n) is 7.68. The molecule has 3 N–H and O–H groups in total. The Morgan fingerprint density at radius 2 is 1.85 bits per heavy atom. The molecule has 3 fully saturated rings. The van der Waals surface area contributed by atoms with E-state index >= 15 is 0 Å². The van der Waals surface area contributed by atoms with E-state index in [1.54, 1.807) is 0 Å². The Bertz CT molecular complexity index is 1330. The van der Waals surface area contributed by atoms with Gasteiger partial charge in [0.1, 0.15) is 11.4 Å². The van der Waals surface area contributed by atoms with Crippen molar-refractivity contribution in [3.05, 3.63) is 30.0 Å². The second kappa shape index (κ2) is 10.2. The number of amides is 1. The molecule has 6 rings (SSSR count). The van der Waals surface area contributed by atoms with Crippen LogP contribution >= 0.6 is 0 Å². The van der Waals surface area contributed by atoms with Crippen molar-refractivity contribution in [1.82, 2.24) is 25.1 Å². The van der Waals surface area contributed by atoms with Crippen molar-refractivity contribution in [2.45, 2.75) is 77.1 Å². The Hall–Kier alpha value is -3.60. The lowest BCUT2D eigenvalue weighted by Crippen LogP contribution is -2.51. The van der Waals surface area contributed by atoms with E-state index in [0.29, 0.717) is 17.6 Å². The van der Waals surface area contributed by atoms with Gasteiger partial charge in [-0.1, -0.05) is 0 Å². The molecule has 3 aliphatic heterocycles. The molecule has 11 nitrogen and oxygen atoms in total. The summed E-state index contributed by atoms with van der Waals surface area (Å²) in [6.07, 6.45) is 3.47. The molecule has 0 radical (unpaired) electrons. The molecule has 208 valence electrons. The number of fused-ring (bicyclic) bond motifs is 3. The van der Waals surface area contributed by atoms with Crippen LogP contribution in [0.5, 0.6) is 0 Å². The molecule has 39 heavy (non-hydrogen) atoms. The molecule has 2 bridgehead atoms. The molecule has 1 aromatic carbocycles. The molecule has 2 aromatic heterocycles. The minimum atomic E-state index is -0.499. The number of benzene rings is 1. The Morgan fingerprint density at radius 3 is 2.51 bits per heavy atom. The summed E-state index contributed by atoms with van der Waals surface area (Å²) in [5, 5.41) is 15.2. The molecular weight excluding hydrogens is 496 g/mol. The quantitative estimate of drug-likeness (QED) is 0.432. The Labute approximate surface area is 228 Å². The van der Waals surface area contributed by atoms with Crippen LogP contribution in [0, 0.1) is 6.92 Å². The summed E-state index contributed by atoms with van der Waals surface area (Å²) in [6, 6.07) is 8.77. The third kappa shape index (κ3) is 5.59. The van der Waals surface area contributed by atoms with Gasteiger partial charge in [0.05, 0.1) is 18.7 Å². The van der Waals surface area contributed by atoms with Crippen LogP contribution < -0.4 is 15.5 Å². The molecule has 3 aromatic rings. The Kier molecular flexibility index (Phi) is 6.70. The number of nitrogens with zero attached hydrogens (tertiary/aromatic N) is 5. The Morgan fingerprint density at radius 1 is 1.10 bits per heavy atom. The average molecular weight is 535 g/mol. The number of rotatable bonds is 5. The summed E-state index contributed by atoms with van der Waals surface area (Å²) < 4.78 is 11.2. The van der Waals surface area contributed by atoms with Crippen LogP contribution in [0.4, 0.5) is 28.1 Å². The predicted octanol–water partition coefficient (Wildman–Crippen LogP) is 4.58. The zero-order valence-corrected chi connectivity index (χ0v) is 23.2. The van der Waals surface area contributed by atoms with Crippen LogP contribution in [0.2, 0.25) is 0 Å². The van der Waals surface area contributed by atoms with Gasteiger partial charge in [-0.15, -0.1) is 0 Å². The molecule has 3 aliphatic rings. The van der Waals surface area contributed by atoms with E-state index in [9.17, 15) is 4.79 Å². The monoisotopic (exact) mass is 534 g/mol. The highest BCUT2D eigenvalue weighted by molar-refractivity contribution is 5.93. The maximum absolute atomic E-state index is 12.9. The number of aromatic nitrogens is 4. The number of carbonyl (C=O) groups is 1. The van der Waals surface area contributed by atoms with Crippen LogP contribution in [0.25, 0.3) is 10.9 Å². The smallest absolute Gasteiger partial charge is 0.410 e. The fourth-order valence-corrected chi connectivity index (χ4v) is 5.99. The first kappa shape index (κ1) is 25.7. The van der Waals surface area contributed by atoms with Crippen LogP contribution in [-0.2, 0) is 9.47 Å². The standard InChI is InChI=1S/C28H38N8O3/c1-17-13-24(34-33-17)31-25-22-8-7-19(35-9-11-38-12-10-35)16-23(22)30-26(32-25)29-18-14-20-5-6-21(15-18)36(20)27(37)39-28(2,3)4/h7-8,13,16,18,20-21H,5-6,9-12,14-15H2,1-4H3,(H3,29,30,31,32,33,34). The van der Waals surface area contributed by atoms with Gasteiger partial charge in [-0.25, -0.2) is 9.78 Å². The number of anilines is 4. The van der Waals surface area contributed by atoms with Crippen molar-refractivity contribution < 1.29 is 14.3 Å². The lowest BCUT2D eigenvalue weighted by molar-refractivity contribution is 0.00682. The Balaban J connectivity index is 1.26. The van der Waals surface area contributed by atoms with E-state index in [0.717, 1.165) is 74.3 Å². The van der Waals surface area contributed by atoms with Crippen LogP contribution in [0.15, 0.2) is 24.3 Å². The van der Waals surface area contributed by atoms with Gasteiger partial charge < -0.3 is 29.9 Å². The molecule has 1 amide bonds. The summed E-state index contributed by atoms with van der Waals surface area (Å²) in [6.45, 7) is 10.9. The zero-order chi connectivity index (χ0) is 27.1. The first-order valence-electron chi connectivity index (χ1n) is 13.9. The predicted molar refractivity (Wildman–Crippen MR) is 151 cm³/mol. The number of piperidine rings is 1. The fraction of sp³-hybridized carbons (Fsp3) is 0.571. The molecular formula is C28H38N8O3. The molecule has 0 saturated carbocycles. The van der Waals surface area contributed by atoms with Crippen molar-refractivity contribution in [1.29, 1.82) is 0 Å². The number of nitrogens with one attached hydrogen (secondary N) is 3. The molecule has 0 aliphatic carbocycles. The SMILES string of the molecule is Cc1cc(Nc2nc(NC3CC4CCC(C3)N4C(=O)OC(C)(C)C)nc3cc(N4CCOCC4)ccc23)n[nH]1. The summed E-state index contributed by atoms with van der Waals surface area (Å²) in [7, 11) is 0. The lowest BCUT2D eigenvalue weighted by Gasteiger charge is -2.39. The number of hydrogen-bond acceptors (Lipinski definition) is 9. The number of H-pyrrole nitrogens is 1. The van der Waals surface area contributed by atoms with E-state index in [1.165, 1.54) is 0 Å². The maximum Gasteiger partial charge on any atom is 0.410 e. The highest BCUT2D eigenvalue weighted by atomic mass is 16.6. The number of aromatic amines is 1. The number of carbonyl (C=O) groups excluding carboxylic acids is 1. The van der Waals surface area contributed by atoms with Gasteiger partial charge in [0, 0.05) is 54.0 Å². The second-order valence-electron chi connectivity index (χ2n) is 11.8. The van der Waals surface area contributed by atoms with Crippen molar-refractivity contribution in [3.63, 3.8) is 0 Å². The molecule has 0 spiro atoms. The number of aryl methyl sites for hydroxylation is 1. The first-order valence-corrected chi connectivity index (χ1v) is 13.9. The number of ether oxygens (including phenoxy) is 2. The highest BCUT2D eigenvalue weighted by Crippen LogP contribution is 2.38. The normalized spacial score (nSPS) is 23.2. The molecule has 11 heteroatoms. The molecule has 2 unspecified atom stereocenters. The van der Waals surface area contributed by atoms with E-state index < -0.39 is 5.60 Å². The van der Waals surface area contributed by atoms with Gasteiger partial charge >= 0.3 is 6.09 Å². The van der Waals surface area contributed by atoms with Crippen LogP contribution in [-0.4, -0.2) is 81.2 Å². The summed E-state index contributed by atoms with van der Waals surface area (Å²) in [5.41, 5.74) is 2.46. The van der Waals surface area contributed by atoms with Gasteiger partial charge in [0.25, 0.3) is 0 Å². The van der Waals surface area contributed by atoms with Crippen molar-refractivity contribution in [2.75, 3.05) is 41.8 Å². The third-order valence-corrected chi connectivity index (χ3v) is 7.68. The number of morpholine rings is 1. The van der Waals surface area contributed by atoms with Gasteiger partial charge in [0.15, 0.2) is 5.82 Å². The molecule has 2 atom stereocenters. The van der Waals surface area contributed by atoms with Gasteiger partial charge in [-0.05, 0) is 71.6 Å². The largest absolute Gasteiger partial charge is 0.444 e. The van der Waals surface area contributed by atoms with E-state index in [1.807, 2.05) is 38.7 Å². The minimum absolute atomic E-state index is 0.161. The second-order valence-corrected chi connectivity index (χ2v) is 11.8. The lowest BCUT2D eigenvalue weighted by atomic mass is 9.98. The van der Waals surface area contributed by atoms with Crippen molar-refractivity contribution >= 4 is 40.3 Å². The van der Waals surface area contributed by atoms with Gasteiger partial charge in [0.2, 0.25) is 5.95 Å². The van der Waals surface area contributed by atoms with Crippen molar-refractivity contribution in [3.8, 4) is 0 Å². The average Bonchev–Trinajstić information content (AvgIpc) is 3.42. The van der Waals surface area contributed by atoms with Gasteiger partial charge in [-0.2, -0.15) is 10.1 Å². The highest BCUT2D eigenvalue weighted by Gasteiger charge is 2.45. The van der Waals surface area contributed by atoms with E-state index in [-0.39, 0.29) is 24.2 Å². The fourth-order valence-electron chi connectivity index (χ4n) is 5.99. The summed E-state index contributed by atoms with van der Waals surface area (Å²) >= 11 is 0. The van der Waals surface area contributed by atoms with Crippen LogP contribution in [0.3, 0.4) is 0 Å². The van der Waals surface area contributed by atoms with E-state index in [2.05, 4.69) is 43.9 Å². The van der Waals surface area contributed by atoms with Crippen molar-refractivity contribution in [2.24, 2.45) is 0 Å². The first-order chi connectivity index (χ1) is 18.7. The summed E-state index contributed by atoms with van der Waals surface area (Å²) in [5.74, 6) is 1.99. The summed E-state index contributed by atoms with van der Waals surface area (Å²) in [4.78, 5) is 27.0.